The lowest BCUT2D eigenvalue weighted by Crippen LogP contribution is -2.14. The molecule has 1 aromatic rings. The number of nitrogens with zero attached hydrogens (tertiary/aromatic N) is 1. The molecule has 0 aliphatic carbocycles. The van der Waals surface area contributed by atoms with Gasteiger partial charge in [-0.2, -0.15) is 0 Å². The molecule has 88 valence electrons. The van der Waals surface area contributed by atoms with Crippen LogP contribution < -0.4 is 4.72 Å². The quantitative estimate of drug-likeness (QED) is 0.665. The van der Waals surface area contributed by atoms with Crippen LogP contribution in [-0.2, 0) is 10.0 Å². The first-order valence-corrected chi connectivity index (χ1v) is 6.33. The van der Waals surface area contributed by atoms with Crippen LogP contribution in [0.3, 0.4) is 0 Å². The maximum Gasteiger partial charge on any atom is 0.289 e. The van der Waals surface area contributed by atoms with E-state index in [0.717, 1.165) is 6.07 Å². The van der Waals surface area contributed by atoms with Gasteiger partial charge in [0.1, 0.15) is 5.02 Å². The second-order valence-corrected chi connectivity index (χ2v) is 5.35. The van der Waals surface area contributed by atoms with Crippen LogP contribution in [0.1, 0.15) is 6.92 Å². The van der Waals surface area contributed by atoms with Crippen LogP contribution >= 0.6 is 11.6 Å². The highest BCUT2D eigenvalue weighted by Gasteiger charge is 2.15. The molecule has 0 aliphatic rings. The molecule has 0 aliphatic heterocycles. The van der Waals surface area contributed by atoms with Crippen molar-refractivity contribution in [3.63, 3.8) is 0 Å². The molecule has 0 saturated carbocycles. The summed E-state index contributed by atoms with van der Waals surface area (Å²) in [7, 11) is -3.44. The number of nitro groups is 1. The van der Waals surface area contributed by atoms with Crippen molar-refractivity contribution in [1.29, 1.82) is 0 Å². The lowest BCUT2D eigenvalue weighted by Gasteiger charge is -2.05. The van der Waals surface area contributed by atoms with E-state index in [4.69, 9.17) is 11.6 Å². The summed E-state index contributed by atoms with van der Waals surface area (Å²) in [6, 6.07) is 3.71. The number of rotatable bonds is 4. The zero-order valence-corrected chi connectivity index (χ0v) is 9.88. The third-order valence-corrected chi connectivity index (χ3v) is 3.42. The highest BCUT2D eigenvalue weighted by atomic mass is 35.5. The van der Waals surface area contributed by atoms with Crippen molar-refractivity contribution in [2.45, 2.75) is 6.92 Å². The molecule has 16 heavy (non-hydrogen) atoms. The molecule has 0 unspecified atom stereocenters. The van der Waals surface area contributed by atoms with E-state index in [1.165, 1.54) is 19.1 Å². The Labute approximate surface area is 97.4 Å². The van der Waals surface area contributed by atoms with Crippen LogP contribution in [0.5, 0.6) is 0 Å². The van der Waals surface area contributed by atoms with E-state index in [1.54, 1.807) is 0 Å². The molecular formula is C8H9ClN2O4S. The Bertz CT molecular complexity index is 515. The van der Waals surface area contributed by atoms with Crippen molar-refractivity contribution < 1.29 is 13.3 Å². The number of benzene rings is 1. The third kappa shape index (κ3) is 3.07. The van der Waals surface area contributed by atoms with Gasteiger partial charge in [0, 0.05) is 6.07 Å². The number of nitro benzene ring substituents is 1. The Morgan fingerprint density at radius 3 is 2.62 bits per heavy atom. The first-order chi connectivity index (χ1) is 7.35. The largest absolute Gasteiger partial charge is 0.289 e. The minimum Gasteiger partial charge on any atom is -0.283 e. The van der Waals surface area contributed by atoms with E-state index in [1.807, 2.05) is 0 Å². The van der Waals surface area contributed by atoms with Crippen LogP contribution in [0.2, 0.25) is 5.02 Å². The van der Waals surface area contributed by atoms with Crippen molar-refractivity contribution in [2.24, 2.45) is 0 Å². The monoisotopic (exact) mass is 264 g/mol. The van der Waals surface area contributed by atoms with Crippen LogP contribution in [0.15, 0.2) is 18.2 Å². The molecule has 1 N–H and O–H groups in total. The van der Waals surface area contributed by atoms with Crippen LogP contribution in [-0.4, -0.2) is 19.1 Å². The topological polar surface area (TPSA) is 89.3 Å². The van der Waals surface area contributed by atoms with Gasteiger partial charge >= 0.3 is 0 Å². The molecule has 0 spiro atoms. The van der Waals surface area contributed by atoms with Gasteiger partial charge in [-0.15, -0.1) is 0 Å². The Hall–Kier alpha value is -1.34. The predicted molar refractivity (Wildman–Crippen MR) is 61.2 cm³/mol. The SMILES string of the molecule is CCS(=O)(=O)Nc1ccc(Cl)c([N+](=O)[O-])c1. The van der Waals surface area contributed by atoms with Crippen molar-refractivity contribution in [3.8, 4) is 0 Å². The molecular weight excluding hydrogens is 256 g/mol. The van der Waals surface area contributed by atoms with Crippen molar-refractivity contribution in [1.82, 2.24) is 0 Å². The second-order valence-electron chi connectivity index (χ2n) is 2.93. The molecule has 0 saturated heterocycles. The molecule has 6 nitrogen and oxygen atoms in total. The minimum absolute atomic E-state index is 0.0375. The zero-order valence-electron chi connectivity index (χ0n) is 8.31. The molecule has 1 aromatic carbocycles. The summed E-state index contributed by atoms with van der Waals surface area (Å²) in [4.78, 5) is 9.88. The minimum atomic E-state index is -3.44. The Balaban J connectivity index is 3.09. The molecule has 0 amide bonds. The summed E-state index contributed by atoms with van der Waals surface area (Å²) in [6.45, 7) is 1.46. The fourth-order valence-corrected chi connectivity index (χ4v) is 1.78. The summed E-state index contributed by atoms with van der Waals surface area (Å²) in [5.41, 5.74) is -0.212. The maximum atomic E-state index is 11.2. The summed E-state index contributed by atoms with van der Waals surface area (Å²) in [5, 5.41) is 10.5. The average molecular weight is 265 g/mol. The van der Waals surface area contributed by atoms with E-state index in [0.29, 0.717) is 0 Å². The van der Waals surface area contributed by atoms with Crippen LogP contribution in [0.4, 0.5) is 11.4 Å². The van der Waals surface area contributed by atoms with Crippen LogP contribution in [0, 0.1) is 10.1 Å². The fraction of sp³-hybridized carbons (Fsp3) is 0.250. The smallest absolute Gasteiger partial charge is 0.283 e. The van der Waals surface area contributed by atoms with Gasteiger partial charge in [-0.1, -0.05) is 11.6 Å². The summed E-state index contributed by atoms with van der Waals surface area (Å²) < 4.78 is 24.6. The van der Waals surface area contributed by atoms with Gasteiger partial charge < -0.3 is 0 Å². The van der Waals surface area contributed by atoms with Crippen molar-refractivity contribution in [3.05, 3.63) is 33.3 Å². The molecule has 0 atom stereocenters. The molecule has 8 heteroatoms. The summed E-state index contributed by atoms with van der Waals surface area (Å²) in [5.74, 6) is -0.108. The van der Waals surface area contributed by atoms with Gasteiger partial charge in [0.15, 0.2) is 0 Å². The van der Waals surface area contributed by atoms with Gasteiger partial charge in [-0.3, -0.25) is 14.8 Å². The fourth-order valence-electron chi connectivity index (χ4n) is 0.968. The third-order valence-electron chi connectivity index (χ3n) is 1.80. The van der Waals surface area contributed by atoms with Crippen molar-refractivity contribution in [2.75, 3.05) is 10.5 Å². The number of hydrogen-bond donors (Lipinski definition) is 1. The van der Waals surface area contributed by atoms with E-state index in [9.17, 15) is 18.5 Å². The van der Waals surface area contributed by atoms with Crippen molar-refractivity contribution >= 4 is 33.0 Å². The molecule has 1 rings (SSSR count). The number of sulfonamides is 1. The van der Waals surface area contributed by atoms with E-state index < -0.39 is 14.9 Å². The molecule has 0 radical (unpaired) electrons. The van der Waals surface area contributed by atoms with Gasteiger partial charge in [-0.25, -0.2) is 8.42 Å². The van der Waals surface area contributed by atoms with Gasteiger partial charge in [-0.05, 0) is 19.1 Å². The normalized spacial score (nSPS) is 11.1. The van der Waals surface area contributed by atoms with E-state index in [-0.39, 0.29) is 22.2 Å². The standard InChI is InChI=1S/C8H9ClN2O4S/c1-2-16(14,15)10-6-3-4-7(9)8(5-6)11(12)13/h3-5,10H,2H2,1H3. The number of hydrogen-bond acceptors (Lipinski definition) is 4. The Morgan fingerprint density at radius 2 is 2.12 bits per heavy atom. The molecule has 0 fully saturated rings. The Morgan fingerprint density at radius 1 is 1.50 bits per heavy atom. The first kappa shape index (κ1) is 12.7. The molecule has 0 aromatic heterocycles. The second kappa shape index (κ2) is 4.67. The van der Waals surface area contributed by atoms with Gasteiger partial charge in [0.2, 0.25) is 10.0 Å². The lowest BCUT2D eigenvalue weighted by atomic mass is 10.3. The first-order valence-electron chi connectivity index (χ1n) is 4.30. The van der Waals surface area contributed by atoms with E-state index >= 15 is 0 Å². The van der Waals surface area contributed by atoms with Gasteiger partial charge in [0.25, 0.3) is 5.69 Å². The summed E-state index contributed by atoms with van der Waals surface area (Å²) >= 11 is 5.58. The number of nitrogens with one attached hydrogen (secondary N) is 1. The summed E-state index contributed by atoms with van der Waals surface area (Å²) in [6.07, 6.45) is 0. The highest BCUT2D eigenvalue weighted by molar-refractivity contribution is 7.92. The number of anilines is 1. The zero-order chi connectivity index (χ0) is 12.3. The average Bonchev–Trinajstić information content (AvgIpc) is 2.20. The molecule has 0 bridgehead atoms. The van der Waals surface area contributed by atoms with E-state index in [2.05, 4.69) is 4.72 Å². The molecule has 0 heterocycles. The number of halogens is 1. The lowest BCUT2D eigenvalue weighted by molar-refractivity contribution is -0.384. The Kier molecular flexibility index (Phi) is 3.71. The highest BCUT2D eigenvalue weighted by Crippen LogP contribution is 2.27. The van der Waals surface area contributed by atoms with Gasteiger partial charge in [0.05, 0.1) is 16.4 Å². The maximum absolute atomic E-state index is 11.2. The predicted octanol–water partition coefficient (Wildman–Crippen LogP) is 2.01. The van der Waals surface area contributed by atoms with Crippen LogP contribution in [0.25, 0.3) is 0 Å².